The van der Waals surface area contributed by atoms with Crippen LogP contribution in [0.2, 0.25) is 5.02 Å². The predicted octanol–water partition coefficient (Wildman–Crippen LogP) is 2.45. The summed E-state index contributed by atoms with van der Waals surface area (Å²) in [7, 11) is 2.03. The third kappa shape index (κ3) is 3.38. The van der Waals surface area contributed by atoms with Gasteiger partial charge in [0.25, 0.3) is 0 Å². The van der Waals surface area contributed by atoms with Crippen LogP contribution in [0.3, 0.4) is 0 Å². The third-order valence-electron chi connectivity index (χ3n) is 3.13. The molecule has 1 nitrogen and oxygen atoms in total. The second kappa shape index (κ2) is 6.08. The van der Waals surface area contributed by atoms with Crippen molar-refractivity contribution in [2.45, 2.75) is 19.5 Å². The molecule has 0 bridgehead atoms. The van der Waals surface area contributed by atoms with E-state index < -0.39 is 0 Å². The fraction of sp³-hybridized carbons (Fsp3) is 0.200. The number of rotatable bonds is 4. The molecule has 2 rings (SSSR count). The average Bonchev–Trinajstić information content (AvgIpc) is 2.41. The summed E-state index contributed by atoms with van der Waals surface area (Å²) in [5, 5.41) is 4.35. The molecule has 3 heteroatoms. The van der Waals surface area contributed by atoms with Crippen LogP contribution in [0.1, 0.15) is 24.1 Å². The molecule has 0 radical (unpaired) electrons. The Morgan fingerprint density at radius 2 is 1.89 bits per heavy atom. The Morgan fingerprint density at radius 3 is 2.56 bits per heavy atom. The van der Waals surface area contributed by atoms with Gasteiger partial charge in [0.15, 0.2) is 0 Å². The van der Waals surface area contributed by atoms with Gasteiger partial charge in [0.1, 0.15) is 7.85 Å². The number of benzene rings is 2. The highest BCUT2D eigenvalue weighted by Gasteiger charge is 2.04. The maximum absolute atomic E-state index is 6.02. The lowest BCUT2D eigenvalue weighted by Crippen LogP contribution is -2.19. The largest absolute Gasteiger partial charge is 0.306 e. The van der Waals surface area contributed by atoms with E-state index in [1.807, 2.05) is 20.0 Å². The van der Waals surface area contributed by atoms with Crippen molar-refractivity contribution < 1.29 is 0 Å². The first-order chi connectivity index (χ1) is 8.66. The summed E-state index contributed by atoms with van der Waals surface area (Å²) in [6.45, 7) is 3.03. The molecule has 0 aliphatic rings. The molecular formula is C15H17BClN. The number of hydrogen-bond donors (Lipinski definition) is 1. The molecule has 18 heavy (non-hydrogen) atoms. The van der Waals surface area contributed by atoms with Crippen molar-refractivity contribution in [2.75, 3.05) is 0 Å². The lowest BCUT2D eigenvalue weighted by atomic mass is 9.94. The van der Waals surface area contributed by atoms with Crippen LogP contribution in [-0.4, -0.2) is 7.85 Å². The molecule has 1 N–H and O–H groups in total. The van der Waals surface area contributed by atoms with Crippen LogP contribution in [0, 0.1) is 0 Å². The minimum absolute atomic E-state index is 0.349. The van der Waals surface area contributed by atoms with E-state index in [9.17, 15) is 0 Å². The monoisotopic (exact) mass is 257 g/mol. The van der Waals surface area contributed by atoms with E-state index in [0.29, 0.717) is 6.04 Å². The van der Waals surface area contributed by atoms with Gasteiger partial charge in [0, 0.05) is 17.6 Å². The van der Waals surface area contributed by atoms with E-state index in [-0.39, 0.29) is 0 Å². The van der Waals surface area contributed by atoms with Gasteiger partial charge in [-0.05, 0) is 24.1 Å². The van der Waals surface area contributed by atoms with Gasteiger partial charge in [-0.25, -0.2) is 0 Å². The molecule has 0 saturated heterocycles. The molecule has 0 aliphatic carbocycles. The van der Waals surface area contributed by atoms with Gasteiger partial charge >= 0.3 is 0 Å². The highest BCUT2D eigenvalue weighted by molar-refractivity contribution is 6.45. The van der Waals surface area contributed by atoms with Crippen LogP contribution in [0.15, 0.2) is 48.5 Å². The first-order valence-corrected chi connectivity index (χ1v) is 6.58. The molecule has 0 fully saturated rings. The van der Waals surface area contributed by atoms with E-state index in [1.165, 1.54) is 11.1 Å². The molecule has 1 atom stereocenters. The normalized spacial score (nSPS) is 12.3. The van der Waals surface area contributed by atoms with Crippen LogP contribution >= 0.6 is 11.6 Å². The summed E-state index contributed by atoms with van der Waals surface area (Å²) in [5.74, 6) is 0. The number of halogens is 1. The van der Waals surface area contributed by atoms with Crippen molar-refractivity contribution in [1.29, 1.82) is 0 Å². The zero-order valence-corrected chi connectivity index (χ0v) is 11.5. The summed E-state index contributed by atoms with van der Waals surface area (Å²) < 4.78 is 0. The first kappa shape index (κ1) is 13.2. The van der Waals surface area contributed by atoms with Crippen molar-refractivity contribution in [2.24, 2.45) is 0 Å². The Bertz CT molecular complexity index is 513. The first-order valence-electron chi connectivity index (χ1n) is 6.20. The van der Waals surface area contributed by atoms with E-state index >= 15 is 0 Å². The van der Waals surface area contributed by atoms with Gasteiger partial charge in [-0.2, -0.15) is 0 Å². The lowest BCUT2D eigenvalue weighted by molar-refractivity contribution is 0.575. The Morgan fingerprint density at radius 1 is 1.17 bits per heavy atom. The van der Waals surface area contributed by atoms with E-state index in [1.54, 1.807) is 0 Å². The fourth-order valence-corrected chi connectivity index (χ4v) is 2.06. The SMILES string of the molecule is Bc1cc(CN[C@H](C)c2ccccc2)ccc1Cl. The topological polar surface area (TPSA) is 12.0 Å². The maximum Gasteiger partial charge on any atom is 0.141 e. The van der Waals surface area contributed by atoms with Crippen molar-refractivity contribution in [3.8, 4) is 0 Å². The van der Waals surface area contributed by atoms with Crippen LogP contribution in [-0.2, 0) is 6.54 Å². The molecule has 2 aromatic carbocycles. The summed E-state index contributed by atoms with van der Waals surface area (Å²) in [6.07, 6.45) is 0. The maximum atomic E-state index is 6.02. The Balaban J connectivity index is 1.97. The summed E-state index contributed by atoms with van der Waals surface area (Å²) >= 11 is 6.02. The molecule has 2 aromatic rings. The average molecular weight is 258 g/mol. The second-order valence-corrected chi connectivity index (χ2v) is 5.00. The highest BCUT2D eigenvalue weighted by atomic mass is 35.5. The molecule has 0 saturated carbocycles. The standard InChI is InChI=1S/C15H17BClN/c1-11(13-5-3-2-4-6-13)18-10-12-7-8-15(17)14(16)9-12/h2-9,11,18H,10,16H2,1H3/t11-/m1/s1. The molecule has 0 heterocycles. The summed E-state index contributed by atoms with van der Waals surface area (Å²) in [6, 6.07) is 17.0. The van der Waals surface area contributed by atoms with Crippen molar-refractivity contribution in [1.82, 2.24) is 5.32 Å². The molecule has 0 amide bonds. The summed E-state index contributed by atoms with van der Waals surface area (Å²) in [4.78, 5) is 0. The molecule has 0 unspecified atom stereocenters. The minimum atomic E-state index is 0.349. The molecule has 0 spiro atoms. The third-order valence-corrected chi connectivity index (χ3v) is 3.56. The van der Waals surface area contributed by atoms with E-state index in [4.69, 9.17) is 11.6 Å². The van der Waals surface area contributed by atoms with Crippen LogP contribution < -0.4 is 10.8 Å². The van der Waals surface area contributed by atoms with Crippen molar-refractivity contribution in [3.63, 3.8) is 0 Å². The molecule has 0 aromatic heterocycles. The lowest BCUT2D eigenvalue weighted by Gasteiger charge is -2.14. The predicted molar refractivity (Wildman–Crippen MR) is 81.3 cm³/mol. The van der Waals surface area contributed by atoms with Gasteiger partial charge < -0.3 is 5.32 Å². The fourth-order valence-electron chi connectivity index (χ4n) is 1.95. The van der Waals surface area contributed by atoms with Gasteiger partial charge in [0.2, 0.25) is 0 Å². The number of hydrogen-bond acceptors (Lipinski definition) is 1. The second-order valence-electron chi connectivity index (χ2n) is 4.60. The Kier molecular flexibility index (Phi) is 4.46. The minimum Gasteiger partial charge on any atom is -0.306 e. The zero-order valence-electron chi connectivity index (χ0n) is 10.8. The van der Waals surface area contributed by atoms with Crippen molar-refractivity contribution in [3.05, 3.63) is 64.7 Å². The quantitative estimate of drug-likeness (QED) is 0.830. The molecule has 0 aliphatic heterocycles. The summed E-state index contributed by atoms with van der Waals surface area (Å²) in [5.41, 5.74) is 3.70. The van der Waals surface area contributed by atoms with Crippen LogP contribution in [0.4, 0.5) is 0 Å². The van der Waals surface area contributed by atoms with Gasteiger partial charge in [0.05, 0.1) is 0 Å². The van der Waals surface area contributed by atoms with E-state index in [0.717, 1.165) is 17.0 Å². The van der Waals surface area contributed by atoms with Gasteiger partial charge in [-0.1, -0.05) is 59.5 Å². The van der Waals surface area contributed by atoms with Crippen molar-refractivity contribution >= 4 is 24.9 Å². The van der Waals surface area contributed by atoms with Crippen LogP contribution in [0.5, 0.6) is 0 Å². The number of nitrogens with one attached hydrogen (secondary N) is 1. The van der Waals surface area contributed by atoms with Crippen LogP contribution in [0.25, 0.3) is 0 Å². The van der Waals surface area contributed by atoms with Gasteiger partial charge in [-0.15, -0.1) is 0 Å². The van der Waals surface area contributed by atoms with E-state index in [2.05, 4.69) is 48.6 Å². The Hall–Kier alpha value is -1.25. The molecular weight excluding hydrogens is 240 g/mol. The smallest absolute Gasteiger partial charge is 0.141 e. The van der Waals surface area contributed by atoms with Gasteiger partial charge in [-0.3, -0.25) is 0 Å². The zero-order chi connectivity index (χ0) is 13.0. The highest BCUT2D eigenvalue weighted by Crippen LogP contribution is 2.12. The Labute approximate surface area is 115 Å². The molecule has 92 valence electrons.